The van der Waals surface area contributed by atoms with Crippen LogP contribution in [0.2, 0.25) is 0 Å². The van der Waals surface area contributed by atoms with Crippen molar-refractivity contribution in [3.63, 3.8) is 0 Å². The Morgan fingerprint density at radius 2 is 1.56 bits per heavy atom. The van der Waals surface area contributed by atoms with E-state index < -0.39 is 5.97 Å². The molecule has 0 saturated carbocycles. The van der Waals surface area contributed by atoms with Crippen molar-refractivity contribution < 1.29 is 9.90 Å². The largest absolute Gasteiger partial charge is 0.478 e. The van der Waals surface area contributed by atoms with Crippen molar-refractivity contribution in [3.05, 3.63) is 84.6 Å². The third-order valence-electron chi connectivity index (χ3n) is 4.08. The van der Waals surface area contributed by atoms with E-state index in [4.69, 9.17) is 10.1 Å². The van der Waals surface area contributed by atoms with E-state index in [-0.39, 0.29) is 5.56 Å². The number of carbonyl (C=O) groups is 1. The fourth-order valence-electron chi connectivity index (χ4n) is 2.83. The molecular formula is C23H20N2O2. The highest BCUT2D eigenvalue weighted by atomic mass is 16.4. The summed E-state index contributed by atoms with van der Waals surface area (Å²) >= 11 is 0. The molecule has 0 aliphatic heterocycles. The average molecular weight is 356 g/mol. The SMILES string of the molecule is CC.O=C(O)c1ccc(-c2nc3ncccc3cc2-c2ccccc2)cc1. The lowest BCUT2D eigenvalue weighted by Crippen LogP contribution is -1.96. The van der Waals surface area contributed by atoms with Crippen molar-refractivity contribution in [1.29, 1.82) is 0 Å². The van der Waals surface area contributed by atoms with Crippen LogP contribution in [0.4, 0.5) is 0 Å². The number of pyridine rings is 2. The van der Waals surface area contributed by atoms with Crippen LogP contribution in [0.25, 0.3) is 33.4 Å². The van der Waals surface area contributed by atoms with Crippen LogP contribution in [0.15, 0.2) is 79.0 Å². The molecule has 0 bridgehead atoms. The molecule has 2 aromatic carbocycles. The van der Waals surface area contributed by atoms with E-state index in [2.05, 4.69) is 11.1 Å². The van der Waals surface area contributed by atoms with Gasteiger partial charge in [-0.2, -0.15) is 0 Å². The van der Waals surface area contributed by atoms with Crippen LogP contribution in [0.3, 0.4) is 0 Å². The lowest BCUT2D eigenvalue weighted by atomic mass is 9.97. The van der Waals surface area contributed by atoms with Gasteiger partial charge < -0.3 is 5.11 Å². The maximum Gasteiger partial charge on any atom is 0.335 e. The van der Waals surface area contributed by atoms with Gasteiger partial charge in [-0.15, -0.1) is 0 Å². The minimum Gasteiger partial charge on any atom is -0.478 e. The highest BCUT2D eigenvalue weighted by molar-refractivity contribution is 5.92. The molecule has 0 fully saturated rings. The first kappa shape index (κ1) is 18.3. The second kappa shape index (κ2) is 8.23. The Morgan fingerprint density at radius 3 is 2.22 bits per heavy atom. The van der Waals surface area contributed by atoms with Gasteiger partial charge >= 0.3 is 5.97 Å². The van der Waals surface area contributed by atoms with Crippen molar-refractivity contribution in [1.82, 2.24) is 9.97 Å². The molecule has 0 unspecified atom stereocenters. The van der Waals surface area contributed by atoms with Crippen LogP contribution in [0.5, 0.6) is 0 Å². The average Bonchev–Trinajstić information content (AvgIpc) is 2.75. The smallest absolute Gasteiger partial charge is 0.335 e. The predicted octanol–water partition coefficient (Wildman–Crippen LogP) is 5.69. The molecule has 0 atom stereocenters. The van der Waals surface area contributed by atoms with Crippen LogP contribution < -0.4 is 0 Å². The van der Waals surface area contributed by atoms with Crippen LogP contribution in [0.1, 0.15) is 24.2 Å². The molecule has 0 saturated heterocycles. The molecule has 2 aromatic heterocycles. The van der Waals surface area contributed by atoms with Gasteiger partial charge in [0.2, 0.25) is 0 Å². The fraction of sp³-hybridized carbons (Fsp3) is 0.0870. The van der Waals surface area contributed by atoms with E-state index in [1.54, 1.807) is 30.5 Å². The Bertz CT molecular complexity index is 1060. The standard InChI is InChI=1S/C21H14N2O2.C2H6/c24-21(25)16-10-8-15(9-11-16)19-18(14-5-2-1-3-6-14)13-17-7-4-12-22-20(17)23-19;1-2/h1-13H,(H,24,25);1-2H3. The third kappa shape index (κ3) is 3.85. The molecule has 0 radical (unpaired) electrons. The van der Waals surface area contributed by atoms with Crippen molar-refractivity contribution in [2.45, 2.75) is 13.8 Å². The molecule has 4 aromatic rings. The van der Waals surface area contributed by atoms with E-state index in [1.807, 2.05) is 56.3 Å². The minimum absolute atomic E-state index is 0.254. The summed E-state index contributed by atoms with van der Waals surface area (Å²) < 4.78 is 0. The maximum absolute atomic E-state index is 11.1. The summed E-state index contributed by atoms with van der Waals surface area (Å²) in [4.78, 5) is 20.2. The zero-order valence-corrected chi connectivity index (χ0v) is 15.3. The van der Waals surface area contributed by atoms with Gasteiger partial charge in [-0.1, -0.05) is 56.3 Å². The lowest BCUT2D eigenvalue weighted by Gasteiger charge is -2.11. The van der Waals surface area contributed by atoms with Gasteiger partial charge in [0.1, 0.15) is 0 Å². The number of benzene rings is 2. The van der Waals surface area contributed by atoms with Gasteiger partial charge in [0, 0.05) is 22.7 Å². The van der Waals surface area contributed by atoms with E-state index in [0.29, 0.717) is 5.65 Å². The van der Waals surface area contributed by atoms with E-state index in [0.717, 1.165) is 27.8 Å². The Morgan fingerprint density at radius 1 is 0.852 bits per heavy atom. The zero-order chi connectivity index (χ0) is 19.2. The molecule has 2 heterocycles. The molecule has 134 valence electrons. The first-order valence-corrected chi connectivity index (χ1v) is 8.87. The number of rotatable bonds is 3. The van der Waals surface area contributed by atoms with Gasteiger partial charge in [0.15, 0.2) is 5.65 Å². The second-order valence-corrected chi connectivity index (χ2v) is 5.68. The Hall–Kier alpha value is -3.53. The Labute approximate surface area is 158 Å². The number of hydrogen-bond acceptors (Lipinski definition) is 3. The molecule has 0 aliphatic carbocycles. The maximum atomic E-state index is 11.1. The summed E-state index contributed by atoms with van der Waals surface area (Å²) in [6.07, 6.45) is 1.72. The van der Waals surface area contributed by atoms with Crippen LogP contribution in [0, 0.1) is 0 Å². The fourth-order valence-corrected chi connectivity index (χ4v) is 2.83. The van der Waals surface area contributed by atoms with Crippen molar-refractivity contribution >= 4 is 17.0 Å². The number of fused-ring (bicyclic) bond motifs is 1. The summed E-state index contributed by atoms with van der Waals surface area (Å²) in [5.41, 5.74) is 4.61. The molecular weight excluding hydrogens is 336 g/mol. The van der Waals surface area contributed by atoms with E-state index in [1.165, 1.54) is 0 Å². The summed E-state index contributed by atoms with van der Waals surface area (Å²) in [6, 6.07) is 22.7. The molecule has 27 heavy (non-hydrogen) atoms. The van der Waals surface area contributed by atoms with Crippen molar-refractivity contribution in [3.8, 4) is 22.4 Å². The van der Waals surface area contributed by atoms with E-state index >= 15 is 0 Å². The highest BCUT2D eigenvalue weighted by Crippen LogP contribution is 2.32. The Kier molecular flexibility index (Phi) is 5.57. The van der Waals surface area contributed by atoms with Crippen LogP contribution >= 0.6 is 0 Å². The topological polar surface area (TPSA) is 63.1 Å². The zero-order valence-electron chi connectivity index (χ0n) is 15.3. The number of nitrogens with zero attached hydrogens (tertiary/aromatic N) is 2. The number of carboxylic acids is 1. The molecule has 4 rings (SSSR count). The van der Waals surface area contributed by atoms with Gasteiger partial charge in [0.25, 0.3) is 0 Å². The summed E-state index contributed by atoms with van der Waals surface area (Å²) in [5.74, 6) is -0.942. The molecule has 4 heteroatoms. The third-order valence-corrected chi connectivity index (χ3v) is 4.08. The number of aromatic nitrogens is 2. The summed E-state index contributed by atoms with van der Waals surface area (Å²) in [5, 5.41) is 10.1. The number of carboxylic acid groups (broad SMARTS) is 1. The van der Waals surface area contributed by atoms with Gasteiger partial charge in [-0.05, 0) is 35.9 Å². The van der Waals surface area contributed by atoms with Crippen LogP contribution in [-0.2, 0) is 0 Å². The monoisotopic (exact) mass is 356 g/mol. The van der Waals surface area contributed by atoms with Gasteiger partial charge in [-0.25, -0.2) is 14.8 Å². The lowest BCUT2D eigenvalue weighted by molar-refractivity contribution is 0.0697. The van der Waals surface area contributed by atoms with Crippen molar-refractivity contribution in [2.24, 2.45) is 0 Å². The van der Waals surface area contributed by atoms with Gasteiger partial charge in [0.05, 0.1) is 11.3 Å². The summed E-state index contributed by atoms with van der Waals surface area (Å²) in [7, 11) is 0. The molecule has 4 nitrogen and oxygen atoms in total. The summed E-state index contributed by atoms with van der Waals surface area (Å²) in [6.45, 7) is 4.00. The predicted molar refractivity (Wildman–Crippen MR) is 109 cm³/mol. The van der Waals surface area contributed by atoms with Gasteiger partial charge in [-0.3, -0.25) is 0 Å². The minimum atomic E-state index is -0.942. The first-order chi connectivity index (χ1) is 13.2. The number of aromatic carboxylic acids is 1. The molecule has 0 amide bonds. The normalized spacial score (nSPS) is 10.1. The van der Waals surface area contributed by atoms with Crippen molar-refractivity contribution in [2.75, 3.05) is 0 Å². The van der Waals surface area contributed by atoms with Crippen LogP contribution in [-0.4, -0.2) is 21.0 Å². The van der Waals surface area contributed by atoms with E-state index in [9.17, 15) is 4.79 Å². The second-order valence-electron chi connectivity index (χ2n) is 5.68. The number of hydrogen-bond donors (Lipinski definition) is 1. The molecule has 1 N–H and O–H groups in total. The highest BCUT2D eigenvalue weighted by Gasteiger charge is 2.12. The Balaban J connectivity index is 0.00000102. The molecule has 0 spiro atoms. The quantitative estimate of drug-likeness (QED) is 0.512. The first-order valence-electron chi connectivity index (χ1n) is 8.87. The molecule has 0 aliphatic rings.